The number of aromatic carboxylic acids is 1. The van der Waals surface area contributed by atoms with E-state index in [1.165, 1.54) is 18.2 Å². The molecular weight excluding hydrogens is 244 g/mol. The van der Waals surface area contributed by atoms with Crippen molar-refractivity contribution in [3.05, 3.63) is 28.8 Å². The van der Waals surface area contributed by atoms with E-state index >= 15 is 0 Å². The largest absolute Gasteiger partial charge is 0.478 e. The van der Waals surface area contributed by atoms with Crippen molar-refractivity contribution in [3.63, 3.8) is 0 Å². The van der Waals surface area contributed by atoms with Crippen molar-refractivity contribution < 1.29 is 14.7 Å². The Balaban J connectivity index is 2.92. The zero-order chi connectivity index (χ0) is 13.0. The highest BCUT2D eigenvalue weighted by Crippen LogP contribution is 2.19. The Kier molecular flexibility index (Phi) is 4.48. The van der Waals surface area contributed by atoms with Crippen molar-refractivity contribution in [3.8, 4) is 0 Å². The van der Waals surface area contributed by atoms with E-state index in [0.29, 0.717) is 5.69 Å². The van der Waals surface area contributed by atoms with Gasteiger partial charge in [-0.15, -0.1) is 0 Å². The molecule has 5 nitrogen and oxygen atoms in total. The monoisotopic (exact) mass is 256 g/mol. The van der Waals surface area contributed by atoms with Gasteiger partial charge in [-0.3, -0.25) is 4.79 Å². The molecule has 0 aromatic heterocycles. The lowest BCUT2D eigenvalue weighted by Crippen LogP contribution is -2.26. The molecule has 0 radical (unpaired) electrons. The molecule has 0 heterocycles. The number of benzene rings is 1. The van der Waals surface area contributed by atoms with Gasteiger partial charge in [-0.1, -0.05) is 18.5 Å². The van der Waals surface area contributed by atoms with Gasteiger partial charge in [-0.2, -0.15) is 0 Å². The van der Waals surface area contributed by atoms with E-state index < -0.39 is 5.97 Å². The Morgan fingerprint density at radius 2 is 2.12 bits per heavy atom. The third-order valence-corrected chi connectivity index (χ3v) is 2.43. The van der Waals surface area contributed by atoms with Gasteiger partial charge in [0.1, 0.15) is 0 Å². The average molecular weight is 257 g/mol. The standard InChI is InChI=1S/C11H13ClN2O3/c1-6(5-13)10(15)14-9-3-7(11(16)17)2-8(12)4-9/h2-4,6H,5,13H2,1H3,(H,14,15)(H,16,17). The van der Waals surface area contributed by atoms with Crippen LogP contribution in [-0.2, 0) is 4.79 Å². The van der Waals surface area contributed by atoms with Gasteiger partial charge in [0.15, 0.2) is 0 Å². The Labute approximate surface area is 104 Å². The van der Waals surface area contributed by atoms with Gasteiger partial charge < -0.3 is 16.2 Å². The van der Waals surface area contributed by atoms with Crippen LogP contribution in [0.25, 0.3) is 0 Å². The van der Waals surface area contributed by atoms with Crippen molar-refractivity contribution >= 4 is 29.2 Å². The summed E-state index contributed by atoms with van der Waals surface area (Å²) in [6.07, 6.45) is 0. The Bertz CT molecular complexity index is 448. The lowest BCUT2D eigenvalue weighted by atomic mass is 10.1. The zero-order valence-corrected chi connectivity index (χ0v) is 9.99. The molecule has 4 N–H and O–H groups in total. The SMILES string of the molecule is CC(CN)C(=O)Nc1cc(Cl)cc(C(=O)O)c1. The molecule has 1 amide bonds. The maximum absolute atomic E-state index is 11.6. The van der Waals surface area contributed by atoms with Gasteiger partial charge in [-0.25, -0.2) is 4.79 Å². The van der Waals surface area contributed by atoms with Crippen LogP contribution in [-0.4, -0.2) is 23.5 Å². The number of carboxylic acids is 1. The molecule has 0 fully saturated rings. The van der Waals surface area contributed by atoms with Crippen LogP contribution in [0.1, 0.15) is 17.3 Å². The highest BCUT2D eigenvalue weighted by Gasteiger charge is 2.12. The summed E-state index contributed by atoms with van der Waals surface area (Å²) in [5.41, 5.74) is 5.72. The van der Waals surface area contributed by atoms with E-state index in [0.717, 1.165) is 0 Å². The summed E-state index contributed by atoms with van der Waals surface area (Å²) in [4.78, 5) is 22.3. The number of nitrogens with two attached hydrogens (primary N) is 1. The number of carbonyl (C=O) groups is 2. The molecule has 0 aliphatic rings. The van der Waals surface area contributed by atoms with Crippen molar-refractivity contribution in [2.75, 3.05) is 11.9 Å². The van der Waals surface area contributed by atoms with Crippen molar-refractivity contribution in [2.24, 2.45) is 11.7 Å². The number of rotatable bonds is 4. The van der Waals surface area contributed by atoms with E-state index in [2.05, 4.69) is 5.32 Å². The number of carbonyl (C=O) groups excluding carboxylic acids is 1. The second-order valence-corrected chi connectivity index (χ2v) is 4.10. The molecule has 0 aliphatic heterocycles. The third-order valence-electron chi connectivity index (χ3n) is 2.21. The molecule has 17 heavy (non-hydrogen) atoms. The van der Waals surface area contributed by atoms with Gasteiger partial charge in [0.2, 0.25) is 5.91 Å². The first-order valence-electron chi connectivity index (χ1n) is 4.99. The van der Waals surface area contributed by atoms with Crippen LogP contribution in [0.2, 0.25) is 5.02 Å². The normalized spacial score (nSPS) is 11.9. The summed E-state index contributed by atoms with van der Waals surface area (Å²) < 4.78 is 0. The fourth-order valence-corrected chi connectivity index (χ4v) is 1.39. The minimum atomic E-state index is -1.10. The number of hydrogen-bond acceptors (Lipinski definition) is 3. The maximum Gasteiger partial charge on any atom is 0.335 e. The first kappa shape index (κ1) is 13.5. The van der Waals surface area contributed by atoms with Crippen molar-refractivity contribution in [2.45, 2.75) is 6.92 Å². The molecule has 0 aliphatic carbocycles. The lowest BCUT2D eigenvalue weighted by molar-refractivity contribution is -0.119. The van der Waals surface area contributed by atoms with Crippen LogP contribution in [0.3, 0.4) is 0 Å². The summed E-state index contributed by atoms with van der Waals surface area (Å²) in [7, 11) is 0. The van der Waals surface area contributed by atoms with E-state index in [-0.39, 0.29) is 29.0 Å². The molecule has 0 saturated carbocycles. The van der Waals surface area contributed by atoms with E-state index in [4.69, 9.17) is 22.4 Å². The topological polar surface area (TPSA) is 92.4 Å². The Hall–Kier alpha value is -1.59. The average Bonchev–Trinajstić information content (AvgIpc) is 2.26. The first-order chi connectivity index (χ1) is 7.93. The van der Waals surface area contributed by atoms with E-state index in [1.807, 2.05) is 0 Å². The molecule has 1 rings (SSSR count). The molecule has 1 unspecified atom stereocenters. The fraction of sp³-hybridized carbons (Fsp3) is 0.273. The molecule has 92 valence electrons. The Morgan fingerprint density at radius 3 is 2.65 bits per heavy atom. The second-order valence-electron chi connectivity index (χ2n) is 3.66. The molecular formula is C11H13ClN2O3. The van der Waals surface area contributed by atoms with Crippen LogP contribution < -0.4 is 11.1 Å². The van der Waals surface area contributed by atoms with Gasteiger partial charge in [-0.05, 0) is 18.2 Å². The molecule has 1 atom stereocenters. The number of hydrogen-bond donors (Lipinski definition) is 3. The van der Waals surface area contributed by atoms with Crippen LogP contribution in [0.15, 0.2) is 18.2 Å². The highest BCUT2D eigenvalue weighted by atomic mass is 35.5. The number of halogens is 1. The molecule has 0 saturated heterocycles. The number of amides is 1. The predicted octanol–water partition coefficient (Wildman–Crippen LogP) is 1.57. The van der Waals surface area contributed by atoms with Crippen molar-refractivity contribution in [1.82, 2.24) is 0 Å². The molecule has 0 spiro atoms. The third kappa shape index (κ3) is 3.72. The quantitative estimate of drug-likeness (QED) is 0.762. The summed E-state index contributed by atoms with van der Waals surface area (Å²) in [5, 5.41) is 11.6. The summed E-state index contributed by atoms with van der Waals surface area (Å²) >= 11 is 5.75. The van der Waals surface area contributed by atoms with Gasteiger partial charge in [0.25, 0.3) is 0 Å². The molecule has 0 bridgehead atoms. The van der Waals surface area contributed by atoms with Crippen LogP contribution in [0.5, 0.6) is 0 Å². The maximum atomic E-state index is 11.6. The minimum absolute atomic E-state index is 0.0215. The van der Waals surface area contributed by atoms with Gasteiger partial charge >= 0.3 is 5.97 Å². The number of carboxylic acid groups (broad SMARTS) is 1. The van der Waals surface area contributed by atoms with Crippen molar-refractivity contribution in [1.29, 1.82) is 0 Å². The molecule has 6 heteroatoms. The zero-order valence-electron chi connectivity index (χ0n) is 9.24. The van der Waals surface area contributed by atoms with Crippen LogP contribution in [0.4, 0.5) is 5.69 Å². The molecule has 1 aromatic carbocycles. The Morgan fingerprint density at radius 1 is 1.47 bits per heavy atom. The number of anilines is 1. The smallest absolute Gasteiger partial charge is 0.335 e. The minimum Gasteiger partial charge on any atom is -0.478 e. The first-order valence-corrected chi connectivity index (χ1v) is 5.36. The molecule has 1 aromatic rings. The van der Waals surface area contributed by atoms with E-state index in [1.54, 1.807) is 6.92 Å². The summed E-state index contributed by atoms with van der Waals surface area (Å²) in [6.45, 7) is 1.90. The summed E-state index contributed by atoms with van der Waals surface area (Å²) in [5.74, 6) is -1.72. The number of nitrogens with one attached hydrogen (secondary N) is 1. The fourth-order valence-electron chi connectivity index (χ4n) is 1.16. The second kappa shape index (κ2) is 5.65. The van der Waals surface area contributed by atoms with Gasteiger partial charge in [0.05, 0.1) is 5.56 Å². The van der Waals surface area contributed by atoms with Gasteiger partial charge in [0, 0.05) is 23.2 Å². The van der Waals surface area contributed by atoms with Crippen LogP contribution >= 0.6 is 11.6 Å². The van der Waals surface area contributed by atoms with Crippen LogP contribution in [0, 0.1) is 5.92 Å². The van der Waals surface area contributed by atoms with E-state index in [9.17, 15) is 9.59 Å². The highest BCUT2D eigenvalue weighted by molar-refractivity contribution is 6.31. The lowest BCUT2D eigenvalue weighted by Gasteiger charge is -2.10. The summed E-state index contributed by atoms with van der Waals surface area (Å²) in [6, 6.07) is 4.14. The predicted molar refractivity (Wildman–Crippen MR) is 65.3 cm³/mol.